The minimum Gasteiger partial charge on any atom is -0.481 e. The zero-order chi connectivity index (χ0) is 15.6. The average molecular weight is 296 g/mol. The maximum absolute atomic E-state index is 12.9. The first-order chi connectivity index (χ1) is 9.93. The van der Waals surface area contributed by atoms with Gasteiger partial charge in [-0.1, -0.05) is 13.3 Å². The maximum atomic E-state index is 12.9. The number of amides is 1. The first-order valence-corrected chi connectivity index (χ1v) is 8.15. The number of carbonyl (C=O) groups is 2. The van der Waals surface area contributed by atoms with Crippen LogP contribution >= 0.6 is 0 Å². The highest BCUT2D eigenvalue weighted by atomic mass is 16.4. The van der Waals surface area contributed by atoms with Crippen molar-refractivity contribution in [1.29, 1.82) is 0 Å². The van der Waals surface area contributed by atoms with E-state index in [1.807, 2.05) is 4.90 Å². The van der Waals surface area contributed by atoms with Crippen molar-refractivity contribution in [1.82, 2.24) is 9.80 Å². The van der Waals surface area contributed by atoms with Gasteiger partial charge in [-0.3, -0.25) is 9.59 Å². The van der Waals surface area contributed by atoms with E-state index in [0.29, 0.717) is 12.3 Å². The number of carboxylic acids is 1. The summed E-state index contributed by atoms with van der Waals surface area (Å²) in [6.45, 7) is 6.78. The average Bonchev–Trinajstić information content (AvgIpc) is 2.79. The fourth-order valence-electron chi connectivity index (χ4n) is 3.93. The zero-order valence-corrected chi connectivity index (χ0v) is 13.4. The molecule has 2 rings (SSSR count). The Morgan fingerprint density at radius 1 is 1.19 bits per heavy atom. The van der Waals surface area contributed by atoms with Gasteiger partial charge in [0.15, 0.2) is 0 Å². The minimum absolute atomic E-state index is 0.0705. The molecule has 21 heavy (non-hydrogen) atoms. The van der Waals surface area contributed by atoms with Crippen molar-refractivity contribution in [2.24, 2.45) is 17.8 Å². The van der Waals surface area contributed by atoms with Gasteiger partial charge in [0, 0.05) is 19.1 Å². The Morgan fingerprint density at radius 2 is 1.86 bits per heavy atom. The Hall–Kier alpha value is -1.10. The molecule has 1 N–H and O–H groups in total. The molecule has 0 bridgehead atoms. The maximum Gasteiger partial charge on any atom is 0.307 e. The summed E-state index contributed by atoms with van der Waals surface area (Å²) in [6.07, 6.45) is 3.33. The van der Waals surface area contributed by atoms with Gasteiger partial charge in [0.05, 0.1) is 11.8 Å². The number of hydrogen-bond acceptors (Lipinski definition) is 3. The molecule has 2 unspecified atom stereocenters. The highest BCUT2D eigenvalue weighted by Crippen LogP contribution is 2.39. The van der Waals surface area contributed by atoms with Gasteiger partial charge in [0.25, 0.3) is 0 Å². The van der Waals surface area contributed by atoms with Crippen LogP contribution in [0, 0.1) is 17.8 Å². The van der Waals surface area contributed by atoms with Gasteiger partial charge in [-0.15, -0.1) is 0 Å². The van der Waals surface area contributed by atoms with Crippen LogP contribution in [-0.2, 0) is 9.59 Å². The monoisotopic (exact) mass is 296 g/mol. The van der Waals surface area contributed by atoms with Gasteiger partial charge in [-0.05, 0) is 45.7 Å². The lowest BCUT2D eigenvalue weighted by Crippen LogP contribution is -2.46. The second kappa shape index (κ2) is 6.77. The molecule has 120 valence electrons. The standard InChI is InChI=1S/C16H28N2O3/c1-4-12-8-13(14(9-12)16(20)21)15(19)18-7-5-6-17(3)10-11(18)2/h11-14H,4-10H2,1-3H3,(H,20,21)/t11?,12?,13-,14+/m0/s1. The molecule has 0 aromatic rings. The van der Waals surface area contributed by atoms with E-state index in [1.165, 1.54) is 0 Å². The van der Waals surface area contributed by atoms with Gasteiger partial charge in [-0.25, -0.2) is 0 Å². The molecule has 4 atom stereocenters. The molecule has 1 saturated carbocycles. The van der Waals surface area contributed by atoms with E-state index in [2.05, 4.69) is 25.8 Å². The van der Waals surface area contributed by atoms with Gasteiger partial charge in [0.2, 0.25) is 5.91 Å². The van der Waals surface area contributed by atoms with Crippen LogP contribution in [0.3, 0.4) is 0 Å². The van der Waals surface area contributed by atoms with Gasteiger partial charge in [0.1, 0.15) is 0 Å². The second-order valence-corrected chi connectivity index (χ2v) is 6.79. The summed E-state index contributed by atoms with van der Waals surface area (Å²) in [5.41, 5.74) is 0. The van der Waals surface area contributed by atoms with E-state index in [1.54, 1.807) is 0 Å². The Kier molecular flexibility index (Phi) is 5.25. The summed E-state index contributed by atoms with van der Waals surface area (Å²) in [4.78, 5) is 28.6. The first-order valence-electron chi connectivity index (χ1n) is 8.15. The van der Waals surface area contributed by atoms with Crippen LogP contribution in [0.1, 0.15) is 39.5 Å². The highest BCUT2D eigenvalue weighted by molar-refractivity contribution is 5.85. The van der Waals surface area contributed by atoms with E-state index in [9.17, 15) is 14.7 Å². The Balaban J connectivity index is 2.11. The summed E-state index contributed by atoms with van der Waals surface area (Å²) in [5, 5.41) is 9.43. The third-order valence-corrected chi connectivity index (χ3v) is 5.20. The molecule has 0 radical (unpaired) electrons. The molecular weight excluding hydrogens is 268 g/mol. The molecular formula is C16H28N2O3. The van der Waals surface area contributed by atoms with Crippen LogP contribution in [0.15, 0.2) is 0 Å². The van der Waals surface area contributed by atoms with Crippen molar-refractivity contribution < 1.29 is 14.7 Å². The van der Waals surface area contributed by atoms with Crippen molar-refractivity contribution in [2.75, 3.05) is 26.7 Å². The van der Waals surface area contributed by atoms with Crippen LogP contribution in [0.25, 0.3) is 0 Å². The largest absolute Gasteiger partial charge is 0.481 e. The quantitative estimate of drug-likeness (QED) is 0.860. The predicted molar refractivity (Wildman–Crippen MR) is 80.9 cm³/mol. The summed E-state index contributed by atoms with van der Waals surface area (Å²) >= 11 is 0. The molecule has 0 aromatic heterocycles. The zero-order valence-electron chi connectivity index (χ0n) is 13.4. The Morgan fingerprint density at radius 3 is 2.48 bits per heavy atom. The van der Waals surface area contributed by atoms with Crippen molar-refractivity contribution in [3.63, 3.8) is 0 Å². The number of aliphatic carboxylic acids is 1. The number of carboxylic acid groups (broad SMARTS) is 1. The third kappa shape index (κ3) is 3.57. The molecule has 1 heterocycles. The summed E-state index contributed by atoms with van der Waals surface area (Å²) < 4.78 is 0. The number of carbonyl (C=O) groups excluding carboxylic acids is 1. The number of likely N-dealkylation sites (N-methyl/N-ethyl adjacent to an activating group) is 1. The molecule has 0 aromatic carbocycles. The molecule has 0 spiro atoms. The summed E-state index contributed by atoms with van der Waals surface area (Å²) in [5.74, 6) is -1.16. The predicted octanol–water partition coefficient (Wildman–Crippen LogP) is 1.68. The summed E-state index contributed by atoms with van der Waals surface area (Å²) in [6, 6.07) is 0.167. The molecule has 1 aliphatic carbocycles. The lowest BCUT2D eigenvalue weighted by molar-refractivity contribution is -0.149. The minimum atomic E-state index is -0.802. The molecule has 1 aliphatic heterocycles. The highest BCUT2D eigenvalue weighted by Gasteiger charge is 2.44. The van der Waals surface area contributed by atoms with Crippen molar-refractivity contribution >= 4 is 11.9 Å². The molecule has 1 amide bonds. The number of hydrogen-bond donors (Lipinski definition) is 1. The van der Waals surface area contributed by atoms with Gasteiger partial charge < -0.3 is 14.9 Å². The van der Waals surface area contributed by atoms with Crippen LogP contribution < -0.4 is 0 Å². The van der Waals surface area contributed by atoms with Crippen LogP contribution in [0.4, 0.5) is 0 Å². The van der Waals surface area contributed by atoms with E-state index in [-0.39, 0.29) is 17.9 Å². The normalized spacial score (nSPS) is 34.7. The smallest absolute Gasteiger partial charge is 0.307 e. The van der Waals surface area contributed by atoms with E-state index < -0.39 is 11.9 Å². The van der Waals surface area contributed by atoms with E-state index in [4.69, 9.17) is 0 Å². The molecule has 2 aliphatic rings. The Labute approximate surface area is 127 Å². The number of rotatable bonds is 3. The Bertz CT molecular complexity index is 399. The van der Waals surface area contributed by atoms with E-state index >= 15 is 0 Å². The van der Waals surface area contributed by atoms with Crippen molar-refractivity contribution in [3.8, 4) is 0 Å². The van der Waals surface area contributed by atoms with Crippen molar-refractivity contribution in [3.05, 3.63) is 0 Å². The van der Waals surface area contributed by atoms with Crippen LogP contribution in [-0.4, -0.2) is 59.5 Å². The fraction of sp³-hybridized carbons (Fsp3) is 0.875. The number of nitrogens with zero attached hydrogens (tertiary/aromatic N) is 2. The molecule has 5 heteroatoms. The molecule has 2 fully saturated rings. The van der Waals surface area contributed by atoms with Gasteiger partial charge >= 0.3 is 5.97 Å². The molecule has 1 saturated heterocycles. The third-order valence-electron chi connectivity index (χ3n) is 5.20. The van der Waals surface area contributed by atoms with Gasteiger partial charge in [-0.2, -0.15) is 0 Å². The second-order valence-electron chi connectivity index (χ2n) is 6.79. The fourth-order valence-corrected chi connectivity index (χ4v) is 3.93. The SMILES string of the molecule is CCC1C[C@H](C(=O)N2CCCN(C)CC2C)[C@H](C(=O)O)C1. The van der Waals surface area contributed by atoms with Crippen molar-refractivity contribution in [2.45, 2.75) is 45.6 Å². The summed E-state index contributed by atoms with van der Waals surface area (Å²) in [7, 11) is 2.08. The van der Waals surface area contributed by atoms with Crippen LogP contribution in [0.5, 0.6) is 0 Å². The topological polar surface area (TPSA) is 60.9 Å². The lowest BCUT2D eigenvalue weighted by atomic mass is 9.94. The molecule has 5 nitrogen and oxygen atoms in total. The first kappa shape index (κ1) is 16.3. The van der Waals surface area contributed by atoms with Crippen LogP contribution in [0.2, 0.25) is 0 Å². The van der Waals surface area contributed by atoms with E-state index in [0.717, 1.165) is 38.9 Å². The lowest BCUT2D eigenvalue weighted by Gasteiger charge is -2.31.